The molecule has 3 unspecified atom stereocenters. The molecule has 0 saturated carbocycles. The van der Waals surface area contributed by atoms with Crippen molar-refractivity contribution in [3.8, 4) is 0 Å². The van der Waals surface area contributed by atoms with Crippen LogP contribution in [0.25, 0.3) is 0 Å². The van der Waals surface area contributed by atoms with Gasteiger partial charge in [-0.3, -0.25) is 9.36 Å². The topological polar surface area (TPSA) is 108 Å². The van der Waals surface area contributed by atoms with E-state index in [1.165, 1.54) is 250 Å². The van der Waals surface area contributed by atoms with Crippen molar-refractivity contribution in [1.29, 1.82) is 0 Å². The molecule has 0 radical (unpaired) electrons. The predicted octanol–water partition coefficient (Wildman–Crippen LogP) is 18.1. The first-order chi connectivity index (χ1) is 34.0. The standard InChI is InChI=1S/C61H121N2O6P/c1-6-8-10-12-14-16-18-20-22-24-26-28-30-31-32-33-34-36-38-40-42-44-46-48-50-52-54-60(64)59(58-69-70(66,67)68-57-56-63(3,4)5)62-61(65)55-53-51-49-47-45-43-41-39-37-35-29-27-25-23-21-19-17-15-13-11-9-7-2/h44,46,52,54,59-60,64H,6-43,45,47-51,53,55-58H2,1-5H3,(H-,62,65,66,67)/b46-44+,54-52+. The molecule has 9 heteroatoms. The molecule has 0 heterocycles. The maximum atomic E-state index is 13.0. The maximum Gasteiger partial charge on any atom is 0.268 e. The number of amides is 1. The Morgan fingerprint density at radius 2 is 0.800 bits per heavy atom. The summed E-state index contributed by atoms with van der Waals surface area (Å²) in [5.41, 5.74) is 0. The van der Waals surface area contributed by atoms with Gasteiger partial charge in [0.15, 0.2) is 0 Å². The van der Waals surface area contributed by atoms with Crippen molar-refractivity contribution in [3.05, 3.63) is 24.3 Å². The van der Waals surface area contributed by atoms with Crippen molar-refractivity contribution in [3.63, 3.8) is 0 Å². The Hall–Kier alpha value is -1.02. The van der Waals surface area contributed by atoms with Gasteiger partial charge in [0.25, 0.3) is 7.82 Å². The molecule has 3 atom stereocenters. The fourth-order valence-corrected chi connectivity index (χ4v) is 10.1. The number of nitrogens with one attached hydrogen (secondary N) is 1. The zero-order chi connectivity index (χ0) is 51.3. The van der Waals surface area contributed by atoms with Gasteiger partial charge in [0.1, 0.15) is 13.2 Å². The van der Waals surface area contributed by atoms with E-state index in [0.29, 0.717) is 17.4 Å². The SMILES string of the molecule is CCCCCCCCCCCCCCCCCCCCCC/C=C/CC/C=C/C(O)C(COP(=O)([O-])OCC[N+](C)(C)C)NC(=O)CCCCCCCCCCCCCCCCCCCCCCCC. The Morgan fingerprint density at radius 3 is 1.16 bits per heavy atom. The number of hydrogen-bond acceptors (Lipinski definition) is 6. The first-order valence-corrected chi connectivity index (χ1v) is 32.2. The van der Waals surface area contributed by atoms with E-state index in [-0.39, 0.29) is 19.1 Å². The molecule has 2 N–H and O–H groups in total. The molecule has 0 aromatic heterocycles. The van der Waals surface area contributed by atoms with Crippen molar-refractivity contribution in [2.45, 2.75) is 321 Å². The van der Waals surface area contributed by atoms with Gasteiger partial charge in [0.05, 0.1) is 39.9 Å². The first-order valence-electron chi connectivity index (χ1n) is 30.7. The summed E-state index contributed by atoms with van der Waals surface area (Å²) >= 11 is 0. The molecule has 0 aromatic rings. The minimum absolute atomic E-state index is 0.00360. The molecule has 0 rings (SSSR count). The van der Waals surface area contributed by atoms with Crippen molar-refractivity contribution in [2.24, 2.45) is 0 Å². The number of aliphatic hydroxyl groups excluding tert-OH is 1. The highest BCUT2D eigenvalue weighted by molar-refractivity contribution is 7.45. The lowest BCUT2D eigenvalue weighted by Gasteiger charge is -2.29. The molecule has 1 amide bonds. The number of rotatable bonds is 57. The second kappa shape index (κ2) is 52.8. The van der Waals surface area contributed by atoms with Gasteiger partial charge in [-0.15, -0.1) is 0 Å². The highest BCUT2D eigenvalue weighted by atomic mass is 31.2. The summed E-state index contributed by atoms with van der Waals surface area (Å²) < 4.78 is 23.4. The fraction of sp³-hybridized carbons (Fsp3) is 0.918. The monoisotopic (exact) mass is 1010 g/mol. The van der Waals surface area contributed by atoms with Crippen LogP contribution in [-0.2, 0) is 18.4 Å². The lowest BCUT2D eigenvalue weighted by molar-refractivity contribution is -0.870. The van der Waals surface area contributed by atoms with Gasteiger partial charge < -0.3 is 28.8 Å². The number of carbonyl (C=O) groups is 1. The van der Waals surface area contributed by atoms with Crippen LogP contribution in [0.15, 0.2) is 24.3 Å². The Kier molecular flexibility index (Phi) is 52.1. The molecule has 0 aromatic carbocycles. The second-order valence-corrected chi connectivity index (χ2v) is 23.8. The zero-order valence-corrected chi connectivity index (χ0v) is 48.4. The molecule has 0 spiro atoms. The third kappa shape index (κ3) is 54.7. The second-order valence-electron chi connectivity index (χ2n) is 22.4. The molecule has 0 aliphatic rings. The van der Waals surface area contributed by atoms with E-state index < -0.39 is 20.0 Å². The first kappa shape index (κ1) is 69.0. The summed E-state index contributed by atoms with van der Waals surface area (Å²) in [6.07, 6.45) is 67.0. The molecule has 0 saturated heterocycles. The molecule has 0 aliphatic heterocycles. The van der Waals surface area contributed by atoms with E-state index in [1.54, 1.807) is 6.08 Å². The number of quaternary nitrogens is 1. The van der Waals surface area contributed by atoms with Gasteiger partial charge in [-0.1, -0.05) is 295 Å². The molecule has 70 heavy (non-hydrogen) atoms. The molecule has 0 bridgehead atoms. The Labute approximate surface area is 436 Å². The van der Waals surface area contributed by atoms with Crippen molar-refractivity contribution < 1.29 is 32.9 Å². The van der Waals surface area contributed by atoms with Gasteiger partial charge >= 0.3 is 0 Å². The van der Waals surface area contributed by atoms with Crippen molar-refractivity contribution in [2.75, 3.05) is 40.9 Å². The Bertz CT molecular complexity index is 1190. The molecule has 0 fully saturated rings. The summed E-state index contributed by atoms with van der Waals surface area (Å²) in [7, 11) is 1.26. The van der Waals surface area contributed by atoms with E-state index in [0.717, 1.165) is 38.5 Å². The van der Waals surface area contributed by atoms with Crippen LogP contribution in [0.5, 0.6) is 0 Å². The Morgan fingerprint density at radius 1 is 0.486 bits per heavy atom. The number of likely N-dealkylation sites (N-methyl/N-ethyl adjacent to an activating group) is 1. The lowest BCUT2D eigenvalue weighted by Crippen LogP contribution is -2.45. The number of phosphoric ester groups is 1. The smallest absolute Gasteiger partial charge is 0.268 e. The molecule has 416 valence electrons. The van der Waals surface area contributed by atoms with Crippen LogP contribution in [0.4, 0.5) is 0 Å². The summed E-state index contributed by atoms with van der Waals surface area (Å²) in [5, 5.41) is 13.9. The average molecular weight is 1010 g/mol. The van der Waals surface area contributed by atoms with E-state index in [9.17, 15) is 19.4 Å². The lowest BCUT2D eigenvalue weighted by atomic mass is 10.0. The van der Waals surface area contributed by atoms with Crippen LogP contribution in [0.1, 0.15) is 309 Å². The highest BCUT2D eigenvalue weighted by Crippen LogP contribution is 2.38. The van der Waals surface area contributed by atoms with Crippen LogP contribution in [-0.4, -0.2) is 68.5 Å². The number of phosphoric acid groups is 1. The average Bonchev–Trinajstić information content (AvgIpc) is 3.32. The van der Waals surface area contributed by atoms with Crippen molar-refractivity contribution in [1.82, 2.24) is 5.32 Å². The minimum atomic E-state index is -4.60. The third-order valence-corrected chi connectivity index (χ3v) is 15.1. The van der Waals surface area contributed by atoms with Crippen LogP contribution < -0.4 is 10.2 Å². The van der Waals surface area contributed by atoms with Crippen LogP contribution in [0, 0.1) is 0 Å². The summed E-state index contributed by atoms with van der Waals surface area (Å²) in [4.78, 5) is 25.5. The third-order valence-electron chi connectivity index (χ3n) is 14.2. The van der Waals surface area contributed by atoms with Gasteiger partial charge in [-0.25, -0.2) is 0 Å². The predicted molar refractivity (Wildman–Crippen MR) is 302 cm³/mol. The van der Waals surface area contributed by atoms with E-state index in [4.69, 9.17) is 9.05 Å². The molecule has 8 nitrogen and oxygen atoms in total. The van der Waals surface area contributed by atoms with Gasteiger partial charge in [0, 0.05) is 6.42 Å². The quantitative estimate of drug-likeness (QED) is 0.0272. The van der Waals surface area contributed by atoms with Crippen LogP contribution >= 0.6 is 7.82 Å². The number of unbranched alkanes of at least 4 members (excludes halogenated alkanes) is 42. The summed E-state index contributed by atoms with van der Waals surface area (Å²) in [6.45, 7) is 4.68. The molecular weight excluding hydrogens is 888 g/mol. The van der Waals surface area contributed by atoms with Gasteiger partial charge in [-0.05, 0) is 32.1 Å². The van der Waals surface area contributed by atoms with Gasteiger partial charge in [-0.2, -0.15) is 0 Å². The van der Waals surface area contributed by atoms with Crippen LogP contribution in [0.2, 0.25) is 0 Å². The largest absolute Gasteiger partial charge is 0.756 e. The van der Waals surface area contributed by atoms with E-state index in [2.05, 4.69) is 31.3 Å². The normalized spacial score (nSPS) is 14.0. The Balaban J connectivity index is 4.18. The fourth-order valence-electron chi connectivity index (χ4n) is 9.35. The number of aliphatic hydroxyl groups is 1. The summed E-state index contributed by atoms with van der Waals surface area (Å²) in [6, 6.07) is -0.900. The number of carbonyl (C=O) groups excluding carboxylic acids is 1. The van der Waals surface area contributed by atoms with Crippen molar-refractivity contribution >= 4 is 13.7 Å². The maximum absolute atomic E-state index is 13.0. The minimum Gasteiger partial charge on any atom is -0.756 e. The van der Waals surface area contributed by atoms with E-state index in [1.807, 2.05) is 27.2 Å². The summed E-state index contributed by atoms with van der Waals surface area (Å²) in [5.74, 6) is -0.200. The van der Waals surface area contributed by atoms with Crippen LogP contribution in [0.3, 0.4) is 0 Å². The van der Waals surface area contributed by atoms with Gasteiger partial charge in [0.2, 0.25) is 5.91 Å². The number of hydrogen-bond donors (Lipinski definition) is 2. The molecular formula is C61H121N2O6P. The number of nitrogens with zero attached hydrogens (tertiary/aromatic N) is 1. The van der Waals surface area contributed by atoms with E-state index >= 15 is 0 Å². The number of allylic oxidation sites excluding steroid dienone is 3. The highest BCUT2D eigenvalue weighted by Gasteiger charge is 2.23. The molecule has 0 aliphatic carbocycles. The zero-order valence-electron chi connectivity index (χ0n) is 47.5.